The predicted molar refractivity (Wildman–Crippen MR) is 110 cm³/mol. The van der Waals surface area contributed by atoms with Crippen molar-refractivity contribution in [1.29, 1.82) is 0 Å². The van der Waals surface area contributed by atoms with Crippen LogP contribution in [0, 0.1) is 0 Å². The number of hydrogen-bond acceptors (Lipinski definition) is 1. The zero-order valence-electron chi connectivity index (χ0n) is 15.4. The second-order valence-electron chi connectivity index (χ2n) is 6.86. The van der Waals surface area contributed by atoms with Crippen molar-refractivity contribution in [3.05, 3.63) is 70.9 Å². The van der Waals surface area contributed by atoms with Crippen LogP contribution in [0.4, 0.5) is 0 Å². The molecule has 1 aromatic heterocycles. The van der Waals surface area contributed by atoms with Crippen molar-refractivity contribution in [2.45, 2.75) is 52.0 Å². The molecule has 0 unspecified atom stereocenters. The number of halogens is 1. The molecule has 0 saturated heterocycles. The molecule has 0 saturated carbocycles. The Balaban J connectivity index is 1.80. The molecule has 0 fully saturated rings. The minimum absolute atomic E-state index is 0.0328. The van der Waals surface area contributed by atoms with Crippen LogP contribution in [0.25, 0.3) is 10.9 Å². The normalized spacial score (nSPS) is 11.2. The van der Waals surface area contributed by atoms with Gasteiger partial charge in [-0.1, -0.05) is 81.0 Å². The quantitative estimate of drug-likeness (QED) is 0.298. The molecule has 0 atom stereocenters. The van der Waals surface area contributed by atoms with Crippen molar-refractivity contribution in [2.75, 3.05) is 0 Å². The number of para-hydroxylation sites is 1. The summed E-state index contributed by atoms with van der Waals surface area (Å²) in [6.45, 7) is 3.19. The lowest BCUT2D eigenvalue weighted by Crippen LogP contribution is -2.01. The van der Waals surface area contributed by atoms with Gasteiger partial charge in [-0.15, -0.1) is 0 Å². The van der Waals surface area contributed by atoms with Gasteiger partial charge in [-0.3, -0.25) is 4.79 Å². The third kappa shape index (κ3) is 4.37. The highest BCUT2D eigenvalue weighted by molar-refractivity contribution is 6.31. The maximum absolute atomic E-state index is 13.0. The fourth-order valence-corrected chi connectivity index (χ4v) is 3.65. The van der Waals surface area contributed by atoms with Gasteiger partial charge in [0.1, 0.15) is 0 Å². The van der Waals surface area contributed by atoms with Gasteiger partial charge in [0.25, 0.3) is 0 Å². The Morgan fingerprint density at radius 2 is 1.73 bits per heavy atom. The van der Waals surface area contributed by atoms with E-state index < -0.39 is 0 Å². The molecular weight excluding hydrogens is 342 g/mol. The fourth-order valence-electron chi connectivity index (χ4n) is 3.46. The van der Waals surface area contributed by atoms with Gasteiger partial charge in [-0.25, -0.2) is 0 Å². The summed E-state index contributed by atoms with van der Waals surface area (Å²) < 4.78 is 2.23. The Bertz CT molecular complexity index is 881. The van der Waals surface area contributed by atoms with E-state index in [1.807, 2.05) is 36.5 Å². The van der Waals surface area contributed by atoms with E-state index in [0.29, 0.717) is 10.6 Å². The molecule has 3 heteroatoms. The molecule has 3 aromatic rings. The second kappa shape index (κ2) is 9.05. The number of fused-ring (bicyclic) bond motifs is 1. The average Bonchev–Trinajstić information content (AvgIpc) is 3.03. The summed E-state index contributed by atoms with van der Waals surface area (Å²) >= 11 is 6.06. The van der Waals surface area contributed by atoms with Gasteiger partial charge < -0.3 is 4.57 Å². The van der Waals surface area contributed by atoms with Gasteiger partial charge in [0.05, 0.1) is 0 Å². The van der Waals surface area contributed by atoms with Crippen LogP contribution in [-0.4, -0.2) is 10.4 Å². The summed E-state index contributed by atoms with van der Waals surface area (Å²) in [5.74, 6) is 0.0328. The summed E-state index contributed by atoms with van der Waals surface area (Å²) in [7, 11) is 0. The lowest BCUT2D eigenvalue weighted by atomic mass is 10.0. The van der Waals surface area contributed by atoms with Crippen molar-refractivity contribution in [3.8, 4) is 0 Å². The average molecular weight is 368 g/mol. The minimum atomic E-state index is 0.0328. The first-order chi connectivity index (χ1) is 12.7. The van der Waals surface area contributed by atoms with Crippen LogP contribution in [0.1, 0.15) is 61.4 Å². The van der Waals surface area contributed by atoms with Crippen LogP contribution in [-0.2, 0) is 6.54 Å². The summed E-state index contributed by atoms with van der Waals surface area (Å²) in [6.07, 6.45) is 9.61. The third-order valence-electron chi connectivity index (χ3n) is 4.87. The Morgan fingerprint density at radius 3 is 2.54 bits per heavy atom. The SMILES string of the molecule is CCCCCCCCn1cc(C(=O)c2cccc(Cl)c2)c2ccccc21. The molecule has 0 bridgehead atoms. The lowest BCUT2D eigenvalue weighted by Gasteiger charge is -2.05. The first-order valence-corrected chi connectivity index (χ1v) is 9.96. The number of carbonyl (C=O) groups excluding carboxylic acids is 1. The van der Waals surface area contributed by atoms with E-state index >= 15 is 0 Å². The number of unbranched alkanes of at least 4 members (excludes halogenated alkanes) is 5. The van der Waals surface area contributed by atoms with Crippen LogP contribution in [0.15, 0.2) is 54.7 Å². The molecule has 136 valence electrons. The monoisotopic (exact) mass is 367 g/mol. The minimum Gasteiger partial charge on any atom is -0.347 e. The Hall–Kier alpha value is -2.06. The topological polar surface area (TPSA) is 22.0 Å². The fraction of sp³-hybridized carbons (Fsp3) is 0.348. The summed E-state index contributed by atoms with van der Waals surface area (Å²) in [6, 6.07) is 15.3. The van der Waals surface area contributed by atoms with Gasteiger partial charge in [-0.05, 0) is 24.6 Å². The molecule has 0 aliphatic carbocycles. The molecule has 0 radical (unpaired) electrons. The highest BCUT2D eigenvalue weighted by Crippen LogP contribution is 2.25. The number of carbonyl (C=O) groups is 1. The van der Waals surface area contributed by atoms with Crippen molar-refractivity contribution in [1.82, 2.24) is 4.57 Å². The number of rotatable bonds is 9. The molecule has 1 heterocycles. The second-order valence-corrected chi connectivity index (χ2v) is 7.30. The molecule has 26 heavy (non-hydrogen) atoms. The third-order valence-corrected chi connectivity index (χ3v) is 5.11. The molecule has 2 nitrogen and oxygen atoms in total. The van der Waals surface area contributed by atoms with Crippen LogP contribution < -0.4 is 0 Å². The number of aromatic nitrogens is 1. The molecule has 3 rings (SSSR count). The summed E-state index contributed by atoms with van der Waals surface area (Å²) in [5.41, 5.74) is 2.53. The molecule has 0 N–H and O–H groups in total. The van der Waals surface area contributed by atoms with Crippen molar-refractivity contribution >= 4 is 28.3 Å². The van der Waals surface area contributed by atoms with E-state index in [9.17, 15) is 4.79 Å². The van der Waals surface area contributed by atoms with Gasteiger partial charge in [0, 0.05) is 39.8 Å². The Kier molecular flexibility index (Phi) is 6.51. The summed E-state index contributed by atoms with van der Waals surface area (Å²) in [5, 5.41) is 1.61. The Morgan fingerprint density at radius 1 is 0.962 bits per heavy atom. The number of nitrogens with zero attached hydrogens (tertiary/aromatic N) is 1. The maximum atomic E-state index is 13.0. The van der Waals surface area contributed by atoms with Crippen LogP contribution >= 0.6 is 11.6 Å². The molecular formula is C23H26ClNO. The van der Waals surface area contributed by atoms with Crippen molar-refractivity contribution in [2.24, 2.45) is 0 Å². The molecule has 0 aliphatic rings. The lowest BCUT2D eigenvalue weighted by molar-refractivity contribution is 0.104. The zero-order chi connectivity index (χ0) is 18.4. The van der Waals surface area contributed by atoms with E-state index in [1.54, 1.807) is 12.1 Å². The van der Waals surface area contributed by atoms with E-state index in [2.05, 4.69) is 17.6 Å². The van der Waals surface area contributed by atoms with E-state index in [4.69, 9.17) is 11.6 Å². The molecule has 0 amide bonds. The van der Waals surface area contributed by atoms with Crippen molar-refractivity contribution < 1.29 is 4.79 Å². The zero-order valence-corrected chi connectivity index (χ0v) is 16.1. The smallest absolute Gasteiger partial charge is 0.195 e. The standard InChI is InChI=1S/C23H26ClNO/c1-2-3-4-5-6-9-15-25-17-21(20-13-7-8-14-22(20)25)23(26)18-11-10-12-19(24)16-18/h7-8,10-14,16-17H,2-6,9,15H2,1H3. The van der Waals surface area contributed by atoms with Crippen LogP contribution in [0.5, 0.6) is 0 Å². The van der Waals surface area contributed by atoms with Gasteiger partial charge in [0.15, 0.2) is 5.78 Å². The number of ketones is 1. The van der Waals surface area contributed by atoms with E-state index in [0.717, 1.165) is 29.4 Å². The maximum Gasteiger partial charge on any atom is 0.195 e. The van der Waals surface area contributed by atoms with Gasteiger partial charge in [0.2, 0.25) is 0 Å². The molecule has 0 aliphatic heterocycles. The number of aryl methyl sites for hydroxylation is 1. The van der Waals surface area contributed by atoms with E-state index in [-0.39, 0.29) is 5.78 Å². The number of benzene rings is 2. The molecule has 2 aromatic carbocycles. The van der Waals surface area contributed by atoms with Crippen LogP contribution in [0.3, 0.4) is 0 Å². The van der Waals surface area contributed by atoms with Gasteiger partial charge >= 0.3 is 0 Å². The summed E-state index contributed by atoms with van der Waals surface area (Å²) in [4.78, 5) is 13.0. The first kappa shape index (κ1) is 18.7. The number of hydrogen-bond donors (Lipinski definition) is 0. The van der Waals surface area contributed by atoms with E-state index in [1.165, 1.54) is 32.1 Å². The van der Waals surface area contributed by atoms with Crippen molar-refractivity contribution in [3.63, 3.8) is 0 Å². The van der Waals surface area contributed by atoms with Gasteiger partial charge in [-0.2, -0.15) is 0 Å². The highest BCUT2D eigenvalue weighted by Gasteiger charge is 2.16. The van der Waals surface area contributed by atoms with Crippen LogP contribution in [0.2, 0.25) is 5.02 Å². The molecule has 0 spiro atoms. The largest absolute Gasteiger partial charge is 0.347 e. The highest BCUT2D eigenvalue weighted by atomic mass is 35.5. The first-order valence-electron chi connectivity index (χ1n) is 9.59. The predicted octanol–water partition coefficient (Wildman–Crippen LogP) is 6.89. The Labute approximate surface area is 160 Å².